The highest BCUT2D eigenvalue weighted by Gasteiger charge is 2.52. The number of fused-ring (bicyclic) bond motifs is 1. The van der Waals surface area contributed by atoms with Crippen LogP contribution in [0.15, 0.2) is 12.1 Å². The quantitative estimate of drug-likeness (QED) is 0.556. The molecule has 148 valence electrons. The average molecular weight is 403 g/mol. The van der Waals surface area contributed by atoms with Crippen LogP contribution >= 0.6 is 11.3 Å². The Morgan fingerprint density at radius 3 is 2.29 bits per heavy atom. The lowest BCUT2D eigenvalue weighted by Crippen LogP contribution is -2.41. The standard InChI is InChI=1S/C20H23BFNO4S/c1-18(2,3)25-17(24)15-11(10-23)14-12(8-9-13(22)16(14)28-15)21-26-19(4,5)20(6,7)27-21/h8-9H,1-7H3. The Balaban J connectivity index is 2.18. The summed E-state index contributed by atoms with van der Waals surface area (Å²) < 4.78 is 32.3. The SMILES string of the molecule is CC(C)(C)OC(=O)c1sc2c(F)ccc(B3OC(C)(C)C(C)(C)O3)c2c1C#N. The van der Waals surface area contributed by atoms with Gasteiger partial charge in [0.15, 0.2) is 0 Å². The third-order valence-electron chi connectivity index (χ3n) is 5.03. The molecule has 0 unspecified atom stereocenters. The summed E-state index contributed by atoms with van der Waals surface area (Å²) in [5.74, 6) is -1.16. The molecule has 1 saturated heterocycles. The van der Waals surface area contributed by atoms with Gasteiger partial charge >= 0.3 is 13.1 Å². The summed E-state index contributed by atoms with van der Waals surface area (Å²) in [6.07, 6.45) is 0. The van der Waals surface area contributed by atoms with Crippen molar-refractivity contribution in [2.24, 2.45) is 0 Å². The van der Waals surface area contributed by atoms with Gasteiger partial charge in [0.2, 0.25) is 0 Å². The molecule has 1 aliphatic rings. The zero-order valence-corrected chi connectivity index (χ0v) is 17.9. The van der Waals surface area contributed by atoms with E-state index in [0.29, 0.717) is 10.8 Å². The number of hydrogen-bond acceptors (Lipinski definition) is 6. The number of hydrogen-bond donors (Lipinski definition) is 0. The number of carbonyl (C=O) groups excluding carboxylic acids is 1. The summed E-state index contributed by atoms with van der Waals surface area (Å²) in [4.78, 5) is 12.7. The first-order valence-electron chi connectivity index (χ1n) is 9.01. The van der Waals surface area contributed by atoms with Gasteiger partial charge in [-0.2, -0.15) is 5.26 Å². The van der Waals surface area contributed by atoms with E-state index in [1.807, 2.05) is 33.8 Å². The second kappa shape index (κ2) is 6.55. The minimum atomic E-state index is -0.777. The van der Waals surface area contributed by atoms with Crippen LogP contribution in [0.2, 0.25) is 0 Å². The van der Waals surface area contributed by atoms with Crippen LogP contribution in [0.25, 0.3) is 10.1 Å². The predicted molar refractivity (Wildman–Crippen MR) is 107 cm³/mol. The van der Waals surface area contributed by atoms with Crippen LogP contribution in [0.4, 0.5) is 4.39 Å². The summed E-state index contributed by atoms with van der Waals surface area (Å²) in [6, 6.07) is 4.90. The maximum atomic E-state index is 14.6. The second-order valence-electron chi connectivity index (χ2n) is 8.85. The van der Waals surface area contributed by atoms with Gasteiger partial charge < -0.3 is 14.0 Å². The lowest BCUT2D eigenvalue weighted by atomic mass is 9.76. The molecular weight excluding hydrogens is 380 g/mol. The Morgan fingerprint density at radius 1 is 1.21 bits per heavy atom. The molecule has 28 heavy (non-hydrogen) atoms. The lowest BCUT2D eigenvalue weighted by Gasteiger charge is -2.32. The molecule has 2 heterocycles. The molecule has 0 saturated carbocycles. The highest BCUT2D eigenvalue weighted by atomic mass is 32.1. The van der Waals surface area contributed by atoms with Gasteiger partial charge in [0.1, 0.15) is 22.4 Å². The lowest BCUT2D eigenvalue weighted by molar-refractivity contribution is 0.00578. The molecule has 0 bridgehead atoms. The molecule has 0 atom stereocenters. The maximum Gasteiger partial charge on any atom is 0.495 e. The summed E-state index contributed by atoms with van der Waals surface area (Å²) in [5, 5.41) is 10.1. The molecule has 1 aromatic carbocycles. The third kappa shape index (κ3) is 3.43. The molecule has 2 aromatic rings. The molecule has 1 fully saturated rings. The fourth-order valence-electron chi connectivity index (χ4n) is 2.94. The second-order valence-corrected chi connectivity index (χ2v) is 9.87. The van der Waals surface area contributed by atoms with Gasteiger partial charge in [0, 0.05) is 5.39 Å². The number of nitrogens with zero attached hydrogens (tertiary/aromatic N) is 1. The first-order chi connectivity index (χ1) is 12.8. The summed E-state index contributed by atoms with van der Waals surface area (Å²) in [6.45, 7) is 12.9. The highest BCUT2D eigenvalue weighted by molar-refractivity contribution is 7.21. The van der Waals surface area contributed by atoms with Crippen LogP contribution in [0.5, 0.6) is 0 Å². The molecule has 0 spiro atoms. The van der Waals surface area contributed by atoms with Crippen LogP contribution in [0.1, 0.15) is 63.7 Å². The minimum absolute atomic E-state index is 0.0790. The Kier molecular flexibility index (Phi) is 4.86. The first-order valence-corrected chi connectivity index (χ1v) is 9.83. The number of esters is 1. The van der Waals surface area contributed by atoms with Crippen molar-refractivity contribution in [2.75, 3.05) is 0 Å². The average Bonchev–Trinajstić information content (AvgIpc) is 3.02. The normalized spacial score (nSPS) is 18.3. The fourth-order valence-corrected chi connectivity index (χ4v) is 4.00. The summed E-state index contributed by atoms with van der Waals surface area (Å²) >= 11 is 0.913. The van der Waals surface area contributed by atoms with E-state index in [0.717, 1.165) is 11.3 Å². The van der Waals surface area contributed by atoms with E-state index >= 15 is 0 Å². The highest BCUT2D eigenvalue weighted by Crippen LogP contribution is 2.39. The molecule has 1 aromatic heterocycles. The topological polar surface area (TPSA) is 68.6 Å². The molecule has 0 amide bonds. The maximum absolute atomic E-state index is 14.6. The van der Waals surface area contributed by atoms with Crippen molar-refractivity contribution in [1.82, 2.24) is 0 Å². The van der Waals surface area contributed by atoms with E-state index in [2.05, 4.69) is 0 Å². The van der Waals surface area contributed by atoms with E-state index in [4.69, 9.17) is 14.0 Å². The van der Waals surface area contributed by atoms with Crippen molar-refractivity contribution in [1.29, 1.82) is 5.26 Å². The number of carbonyl (C=O) groups is 1. The zero-order valence-electron chi connectivity index (χ0n) is 17.1. The van der Waals surface area contributed by atoms with E-state index in [9.17, 15) is 14.4 Å². The third-order valence-corrected chi connectivity index (χ3v) is 6.20. The predicted octanol–water partition coefficient (Wildman–Crippen LogP) is 4.17. The van der Waals surface area contributed by atoms with E-state index in [1.54, 1.807) is 26.8 Å². The zero-order chi connectivity index (χ0) is 21.1. The molecule has 8 heteroatoms. The van der Waals surface area contributed by atoms with Crippen molar-refractivity contribution in [3.63, 3.8) is 0 Å². The van der Waals surface area contributed by atoms with Crippen LogP contribution in [-0.2, 0) is 14.0 Å². The molecule has 1 aliphatic heterocycles. The molecule has 0 aliphatic carbocycles. The smallest absolute Gasteiger partial charge is 0.456 e. The van der Waals surface area contributed by atoms with Crippen molar-refractivity contribution < 1.29 is 23.2 Å². The van der Waals surface area contributed by atoms with Crippen molar-refractivity contribution in [3.05, 3.63) is 28.4 Å². The summed E-state index contributed by atoms with van der Waals surface area (Å²) in [5.41, 5.74) is -1.30. The largest absolute Gasteiger partial charge is 0.495 e. The monoisotopic (exact) mass is 403 g/mol. The number of rotatable bonds is 2. The Hall–Kier alpha value is -1.95. The van der Waals surface area contributed by atoms with Gasteiger partial charge in [-0.25, -0.2) is 9.18 Å². The number of nitriles is 1. The molecule has 3 rings (SSSR count). The van der Waals surface area contributed by atoms with Gasteiger partial charge in [0.25, 0.3) is 0 Å². The Bertz CT molecular complexity index is 984. The number of benzene rings is 1. The van der Waals surface area contributed by atoms with Crippen LogP contribution in [-0.4, -0.2) is 29.9 Å². The Labute approximate surface area is 168 Å². The van der Waals surface area contributed by atoms with Gasteiger partial charge in [-0.05, 0) is 60.0 Å². The fraction of sp³-hybridized carbons (Fsp3) is 0.500. The van der Waals surface area contributed by atoms with Crippen molar-refractivity contribution in [2.45, 2.75) is 65.3 Å². The summed E-state index contributed by atoms with van der Waals surface area (Å²) in [7, 11) is -0.777. The molecule has 0 N–H and O–H groups in total. The number of ether oxygens (including phenoxy) is 1. The van der Waals surface area contributed by atoms with Gasteiger partial charge in [-0.3, -0.25) is 0 Å². The van der Waals surface area contributed by atoms with Crippen molar-refractivity contribution in [3.8, 4) is 6.07 Å². The minimum Gasteiger partial charge on any atom is -0.456 e. The van der Waals surface area contributed by atoms with Gasteiger partial charge in [0.05, 0.1) is 21.5 Å². The molecular formula is C20H23BFNO4S. The molecule has 0 radical (unpaired) electrons. The van der Waals surface area contributed by atoms with E-state index in [-0.39, 0.29) is 15.1 Å². The first kappa shape index (κ1) is 20.8. The van der Waals surface area contributed by atoms with Crippen LogP contribution < -0.4 is 5.46 Å². The number of thiophene rings is 1. The van der Waals surface area contributed by atoms with E-state index < -0.39 is 35.7 Å². The molecule has 5 nitrogen and oxygen atoms in total. The number of halogens is 1. The van der Waals surface area contributed by atoms with Gasteiger partial charge in [-0.1, -0.05) is 6.07 Å². The van der Waals surface area contributed by atoms with E-state index in [1.165, 1.54) is 6.07 Å². The van der Waals surface area contributed by atoms with Crippen LogP contribution in [0, 0.1) is 17.1 Å². The Morgan fingerprint density at radius 2 is 1.79 bits per heavy atom. The van der Waals surface area contributed by atoms with Crippen molar-refractivity contribution >= 4 is 40.0 Å². The van der Waals surface area contributed by atoms with Crippen LogP contribution in [0.3, 0.4) is 0 Å². The van der Waals surface area contributed by atoms with Gasteiger partial charge in [-0.15, -0.1) is 11.3 Å².